The summed E-state index contributed by atoms with van der Waals surface area (Å²) in [6.45, 7) is 7.37. The van der Waals surface area contributed by atoms with Crippen molar-refractivity contribution in [2.24, 2.45) is 11.8 Å². The summed E-state index contributed by atoms with van der Waals surface area (Å²) in [6.07, 6.45) is 3.67. The summed E-state index contributed by atoms with van der Waals surface area (Å²) in [5.74, 6) is 0.188. The summed E-state index contributed by atoms with van der Waals surface area (Å²) in [5.41, 5.74) is 1.08. The molecule has 3 aliphatic rings. The largest absolute Gasteiger partial charge is 0.489 e. The molecule has 2 amide bonds. The molecule has 2 aliphatic heterocycles. The molecule has 0 aromatic heterocycles. The van der Waals surface area contributed by atoms with E-state index in [2.05, 4.69) is 15.9 Å². The summed E-state index contributed by atoms with van der Waals surface area (Å²) in [7, 11) is 0. The van der Waals surface area contributed by atoms with Crippen LogP contribution >= 0.6 is 0 Å². The molecule has 1 aromatic carbocycles. The zero-order valence-corrected chi connectivity index (χ0v) is 18.6. The van der Waals surface area contributed by atoms with Gasteiger partial charge in [-0.2, -0.15) is 0 Å². The van der Waals surface area contributed by atoms with Crippen LogP contribution in [0, 0.1) is 11.8 Å². The highest BCUT2D eigenvalue weighted by Gasteiger charge is 2.48. The number of benzene rings is 1. The monoisotopic (exact) mass is 427 g/mol. The second-order valence-electron chi connectivity index (χ2n) is 9.20. The van der Waals surface area contributed by atoms with Crippen molar-refractivity contribution < 1.29 is 19.1 Å². The number of ketones is 1. The molecule has 2 heterocycles. The highest BCUT2D eigenvalue weighted by atomic mass is 16.5. The summed E-state index contributed by atoms with van der Waals surface area (Å²) in [4.78, 5) is 43.5. The van der Waals surface area contributed by atoms with Crippen molar-refractivity contribution in [1.29, 1.82) is 0 Å². The molecule has 168 valence electrons. The molecule has 1 saturated carbocycles. The van der Waals surface area contributed by atoms with Crippen molar-refractivity contribution in [2.75, 3.05) is 44.2 Å². The van der Waals surface area contributed by atoms with Crippen LogP contribution in [0.4, 0.5) is 5.69 Å². The topological polar surface area (TPSA) is 70.2 Å². The van der Waals surface area contributed by atoms with Crippen LogP contribution in [-0.4, -0.2) is 72.8 Å². The molecule has 31 heavy (non-hydrogen) atoms. The van der Waals surface area contributed by atoms with Crippen molar-refractivity contribution >= 4 is 23.3 Å². The van der Waals surface area contributed by atoms with Gasteiger partial charge in [0.05, 0.1) is 36.7 Å². The summed E-state index contributed by atoms with van der Waals surface area (Å²) < 4.78 is 5.95. The third-order valence-corrected chi connectivity index (χ3v) is 6.61. The van der Waals surface area contributed by atoms with Gasteiger partial charge >= 0.3 is 0 Å². The molecule has 0 bridgehead atoms. The number of para-hydroxylation sites is 2. The van der Waals surface area contributed by atoms with Gasteiger partial charge in [-0.3, -0.25) is 24.2 Å². The van der Waals surface area contributed by atoms with E-state index in [1.54, 1.807) is 0 Å². The fourth-order valence-electron chi connectivity index (χ4n) is 5.08. The van der Waals surface area contributed by atoms with Gasteiger partial charge in [-0.05, 0) is 38.8 Å². The van der Waals surface area contributed by atoms with E-state index in [1.165, 1.54) is 4.90 Å². The van der Waals surface area contributed by atoms with E-state index in [0.29, 0.717) is 0 Å². The van der Waals surface area contributed by atoms with Crippen LogP contribution in [0.5, 0.6) is 5.75 Å². The number of fused-ring (bicyclic) bond motifs is 1. The lowest BCUT2D eigenvalue weighted by molar-refractivity contribution is -0.143. The van der Waals surface area contributed by atoms with Crippen molar-refractivity contribution in [3.8, 4) is 5.75 Å². The lowest BCUT2D eigenvalue weighted by Gasteiger charge is -2.36. The van der Waals surface area contributed by atoms with Crippen molar-refractivity contribution in [1.82, 2.24) is 9.80 Å². The zero-order valence-electron chi connectivity index (χ0n) is 18.6. The molecular formula is C24H33N3O4. The Morgan fingerprint density at radius 2 is 1.58 bits per heavy atom. The van der Waals surface area contributed by atoms with Gasteiger partial charge < -0.3 is 9.64 Å². The smallest absolute Gasteiger partial charge is 0.233 e. The number of amides is 2. The summed E-state index contributed by atoms with van der Waals surface area (Å²) >= 11 is 0. The minimum Gasteiger partial charge on any atom is -0.489 e. The van der Waals surface area contributed by atoms with E-state index in [9.17, 15) is 14.4 Å². The number of rotatable bonds is 7. The number of imide groups is 1. The fourth-order valence-corrected chi connectivity index (χ4v) is 5.08. The molecule has 7 nitrogen and oxygen atoms in total. The molecule has 0 N–H and O–H groups in total. The van der Waals surface area contributed by atoms with Gasteiger partial charge in [-0.15, -0.1) is 0 Å². The van der Waals surface area contributed by atoms with Gasteiger partial charge in [-0.25, -0.2) is 0 Å². The van der Waals surface area contributed by atoms with E-state index in [4.69, 9.17) is 4.74 Å². The molecular weight excluding hydrogens is 394 g/mol. The number of piperazine rings is 1. The Morgan fingerprint density at radius 1 is 0.968 bits per heavy atom. The van der Waals surface area contributed by atoms with Crippen LogP contribution < -0.4 is 9.64 Å². The van der Waals surface area contributed by atoms with Crippen LogP contribution in [0.3, 0.4) is 0 Å². The van der Waals surface area contributed by atoms with Gasteiger partial charge in [0.2, 0.25) is 11.8 Å². The van der Waals surface area contributed by atoms with Gasteiger partial charge in [0.25, 0.3) is 0 Å². The second kappa shape index (κ2) is 9.39. The third-order valence-electron chi connectivity index (χ3n) is 6.61. The average Bonchev–Trinajstić information content (AvgIpc) is 2.99. The minimum atomic E-state index is -0.189. The molecule has 2 unspecified atom stereocenters. The number of hydrogen-bond acceptors (Lipinski definition) is 6. The second-order valence-corrected chi connectivity index (χ2v) is 9.20. The van der Waals surface area contributed by atoms with Gasteiger partial charge in [0.15, 0.2) is 5.78 Å². The molecule has 0 spiro atoms. The Balaban J connectivity index is 1.29. The first-order valence-electron chi connectivity index (χ1n) is 11.5. The van der Waals surface area contributed by atoms with Gasteiger partial charge in [0.1, 0.15) is 5.75 Å². The first-order valence-corrected chi connectivity index (χ1v) is 11.5. The van der Waals surface area contributed by atoms with Crippen LogP contribution in [-0.2, 0) is 14.4 Å². The van der Waals surface area contributed by atoms with E-state index in [1.807, 2.05) is 32.0 Å². The SMILES string of the molecule is CC(C)Oc1ccccc1N1CCN(CC(=O)CN2C(=O)C3CCCCC3C2=O)CC1. The van der Waals surface area contributed by atoms with Crippen molar-refractivity contribution in [3.05, 3.63) is 24.3 Å². The van der Waals surface area contributed by atoms with E-state index < -0.39 is 0 Å². The predicted molar refractivity (Wildman–Crippen MR) is 118 cm³/mol. The molecule has 0 radical (unpaired) electrons. The van der Waals surface area contributed by atoms with Crippen LogP contribution in [0.1, 0.15) is 39.5 Å². The highest BCUT2D eigenvalue weighted by Crippen LogP contribution is 2.38. The lowest BCUT2D eigenvalue weighted by atomic mass is 9.81. The fraction of sp³-hybridized carbons (Fsp3) is 0.625. The van der Waals surface area contributed by atoms with E-state index in [0.717, 1.165) is 63.3 Å². The number of likely N-dealkylation sites (tertiary alicyclic amines) is 1. The quantitative estimate of drug-likeness (QED) is 0.622. The van der Waals surface area contributed by atoms with E-state index in [-0.39, 0.29) is 48.6 Å². The first-order chi connectivity index (χ1) is 14.9. The molecule has 7 heteroatoms. The maximum absolute atomic E-state index is 12.7. The molecule has 1 aliphatic carbocycles. The van der Waals surface area contributed by atoms with Gasteiger partial charge in [-0.1, -0.05) is 25.0 Å². The van der Waals surface area contributed by atoms with Crippen LogP contribution in [0.2, 0.25) is 0 Å². The molecule has 2 atom stereocenters. The van der Waals surface area contributed by atoms with Crippen molar-refractivity contribution in [2.45, 2.75) is 45.6 Å². The Labute approximate surface area is 184 Å². The molecule has 2 saturated heterocycles. The Hall–Kier alpha value is -2.41. The zero-order chi connectivity index (χ0) is 22.0. The number of ether oxygens (including phenoxy) is 1. The Kier molecular flexibility index (Phi) is 6.60. The van der Waals surface area contributed by atoms with Crippen LogP contribution in [0.25, 0.3) is 0 Å². The minimum absolute atomic E-state index is 0.0580. The third kappa shape index (κ3) is 4.76. The maximum Gasteiger partial charge on any atom is 0.233 e. The molecule has 1 aromatic rings. The highest BCUT2D eigenvalue weighted by molar-refractivity contribution is 6.07. The maximum atomic E-state index is 12.7. The lowest BCUT2D eigenvalue weighted by Crippen LogP contribution is -2.49. The van der Waals surface area contributed by atoms with Gasteiger partial charge in [0, 0.05) is 26.2 Å². The summed E-state index contributed by atoms with van der Waals surface area (Å²) in [5, 5.41) is 0. The van der Waals surface area contributed by atoms with Crippen LogP contribution in [0.15, 0.2) is 24.3 Å². The Bertz CT molecular complexity index is 808. The molecule has 3 fully saturated rings. The number of hydrogen-bond donors (Lipinski definition) is 0. The standard InChI is InChI=1S/C24H33N3O4/c1-17(2)31-22-10-6-5-9-21(22)26-13-11-25(12-14-26)15-18(28)16-27-23(29)19-7-3-4-8-20(19)24(27)30/h5-6,9-10,17,19-20H,3-4,7-8,11-16H2,1-2H3. The normalized spacial score (nSPS) is 24.6. The number of carbonyl (C=O) groups excluding carboxylic acids is 3. The van der Waals surface area contributed by atoms with E-state index >= 15 is 0 Å². The number of anilines is 1. The average molecular weight is 428 g/mol. The predicted octanol–water partition coefficient (Wildman–Crippen LogP) is 2.34. The van der Waals surface area contributed by atoms with Crippen molar-refractivity contribution in [3.63, 3.8) is 0 Å². The summed E-state index contributed by atoms with van der Waals surface area (Å²) in [6, 6.07) is 8.06. The first kappa shape index (κ1) is 21.8. The molecule has 4 rings (SSSR count). The number of Topliss-reactive ketones (excluding diaryl/α,β-unsaturated/α-hetero) is 1. The Morgan fingerprint density at radius 3 is 2.19 bits per heavy atom. The number of carbonyl (C=O) groups is 3. The number of nitrogens with zero attached hydrogens (tertiary/aromatic N) is 3.